The van der Waals surface area contributed by atoms with Crippen molar-refractivity contribution in [3.63, 3.8) is 0 Å². The first-order valence-electron chi connectivity index (χ1n) is 9.48. The summed E-state index contributed by atoms with van der Waals surface area (Å²) in [6.45, 7) is 7.46. The molecule has 4 nitrogen and oxygen atoms in total. The Morgan fingerprint density at radius 1 is 1.12 bits per heavy atom. The highest BCUT2D eigenvalue weighted by molar-refractivity contribution is 7.07. The highest BCUT2D eigenvalue weighted by atomic mass is 32.1. The van der Waals surface area contributed by atoms with Gasteiger partial charge in [-0.25, -0.2) is 0 Å². The van der Waals surface area contributed by atoms with E-state index in [1.807, 2.05) is 7.05 Å². The van der Waals surface area contributed by atoms with E-state index < -0.39 is 0 Å². The fourth-order valence-electron chi connectivity index (χ4n) is 3.30. The molecule has 140 valence electrons. The number of hydrogen-bond acceptors (Lipinski definition) is 3. The molecule has 0 bridgehead atoms. The number of likely N-dealkylation sites (tertiary alicyclic amines) is 1. The first kappa shape index (κ1) is 18.9. The van der Waals surface area contributed by atoms with Gasteiger partial charge in [-0.1, -0.05) is 31.2 Å². The minimum atomic E-state index is 0.786. The second kappa shape index (κ2) is 9.74. The summed E-state index contributed by atoms with van der Waals surface area (Å²) in [5.74, 6) is 1.72. The van der Waals surface area contributed by atoms with Crippen LogP contribution in [0.25, 0.3) is 0 Å². The normalized spacial score (nSPS) is 16.6. The van der Waals surface area contributed by atoms with Crippen LogP contribution in [0.3, 0.4) is 0 Å². The second-order valence-corrected chi connectivity index (χ2v) is 7.97. The predicted molar refractivity (Wildman–Crippen MR) is 111 cm³/mol. The molecular weight excluding hydrogens is 340 g/mol. The van der Waals surface area contributed by atoms with E-state index in [-0.39, 0.29) is 0 Å². The Kier molecular flexibility index (Phi) is 7.09. The van der Waals surface area contributed by atoms with Crippen LogP contribution in [0.1, 0.15) is 36.5 Å². The Labute approximate surface area is 161 Å². The van der Waals surface area contributed by atoms with Gasteiger partial charge in [0, 0.05) is 26.7 Å². The molecule has 0 amide bonds. The van der Waals surface area contributed by atoms with Crippen molar-refractivity contribution < 1.29 is 0 Å². The zero-order valence-corrected chi connectivity index (χ0v) is 16.7. The molecule has 2 N–H and O–H groups in total. The first-order chi connectivity index (χ1) is 12.7. The van der Waals surface area contributed by atoms with Crippen molar-refractivity contribution in [2.45, 2.75) is 39.4 Å². The monoisotopic (exact) mass is 370 g/mol. The lowest BCUT2D eigenvalue weighted by Crippen LogP contribution is -2.36. The summed E-state index contributed by atoms with van der Waals surface area (Å²) in [4.78, 5) is 6.89. The van der Waals surface area contributed by atoms with Crippen molar-refractivity contribution in [1.29, 1.82) is 0 Å². The van der Waals surface area contributed by atoms with Crippen molar-refractivity contribution in [3.8, 4) is 0 Å². The van der Waals surface area contributed by atoms with Crippen LogP contribution in [0.15, 0.2) is 46.1 Å². The van der Waals surface area contributed by atoms with E-state index in [2.05, 4.69) is 68.5 Å². The van der Waals surface area contributed by atoms with Crippen LogP contribution in [0.5, 0.6) is 0 Å². The number of nitrogens with zero attached hydrogens (tertiary/aromatic N) is 2. The molecule has 2 heterocycles. The molecule has 0 atom stereocenters. The van der Waals surface area contributed by atoms with Crippen molar-refractivity contribution in [1.82, 2.24) is 15.5 Å². The maximum Gasteiger partial charge on any atom is 0.191 e. The van der Waals surface area contributed by atoms with Crippen LogP contribution in [0.2, 0.25) is 0 Å². The first-order valence-corrected chi connectivity index (χ1v) is 10.4. The third-order valence-corrected chi connectivity index (χ3v) is 5.73. The molecule has 0 radical (unpaired) electrons. The van der Waals surface area contributed by atoms with Crippen LogP contribution in [-0.2, 0) is 19.6 Å². The van der Waals surface area contributed by atoms with Gasteiger partial charge < -0.3 is 10.6 Å². The van der Waals surface area contributed by atoms with Crippen LogP contribution in [0.4, 0.5) is 0 Å². The highest BCUT2D eigenvalue weighted by Crippen LogP contribution is 2.18. The summed E-state index contributed by atoms with van der Waals surface area (Å²) in [5, 5.41) is 11.0. The number of rotatable bonds is 6. The molecule has 0 aliphatic carbocycles. The summed E-state index contributed by atoms with van der Waals surface area (Å²) < 4.78 is 0. The van der Waals surface area contributed by atoms with E-state index >= 15 is 0 Å². The summed E-state index contributed by atoms with van der Waals surface area (Å²) in [5.41, 5.74) is 3.99. The third kappa shape index (κ3) is 5.85. The Morgan fingerprint density at radius 3 is 2.54 bits per heavy atom. The van der Waals surface area contributed by atoms with E-state index in [0.717, 1.165) is 31.5 Å². The number of aliphatic imine (C=N–C) groups is 1. The van der Waals surface area contributed by atoms with Crippen LogP contribution in [-0.4, -0.2) is 31.0 Å². The SMILES string of the molecule is CN=C(NCc1ccsc1)NCc1cccc(CN2CCC(C)CC2)c1. The maximum atomic E-state index is 4.32. The van der Waals surface area contributed by atoms with Crippen molar-refractivity contribution in [2.75, 3.05) is 20.1 Å². The van der Waals surface area contributed by atoms with E-state index in [9.17, 15) is 0 Å². The number of benzene rings is 1. The van der Waals surface area contributed by atoms with Gasteiger partial charge in [-0.2, -0.15) is 11.3 Å². The van der Waals surface area contributed by atoms with Crippen LogP contribution in [0, 0.1) is 5.92 Å². The van der Waals surface area contributed by atoms with E-state index in [1.165, 1.54) is 42.6 Å². The Hall–Kier alpha value is -1.85. The predicted octanol–water partition coefficient (Wildman–Crippen LogP) is 3.85. The molecule has 1 aliphatic rings. The van der Waals surface area contributed by atoms with Crippen molar-refractivity contribution >= 4 is 17.3 Å². The largest absolute Gasteiger partial charge is 0.352 e. The fraction of sp³-hybridized carbons (Fsp3) is 0.476. The Bertz CT molecular complexity index is 688. The van der Waals surface area contributed by atoms with Gasteiger partial charge >= 0.3 is 0 Å². The molecular formula is C21H30N4S. The van der Waals surface area contributed by atoms with Crippen LogP contribution < -0.4 is 10.6 Å². The molecule has 2 aromatic rings. The lowest BCUT2D eigenvalue weighted by Gasteiger charge is -2.30. The molecule has 1 fully saturated rings. The standard InChI is InChI=1S/C21H30N4S/c1-17-6-9-25(10-7-17)15-19-5-3-4-18(12-19)13-23-21(22-2)24-14-20-8-11-26-16-20/h3-5,8,11-12,16-17H,6-7,9-10,13-15H2,1-2H3,(H2,22,23,24). The third-order valence-electron chi connectivity index (χ3n) is 5.00. The molecule has 26 heavy (non-hydrogen) atoms. The minimum absolute atomic E-state index is 0.786. The fourth-order valence-corrected chi connectivity index (χ4v) is 3.97. The average molecular weight is 371 g/mol. The maximum absolute atomic E-state index is 4.32. The van der Waals surface area contributed by atoms with Gasteiger partial charge in [0.15, 0.2) is 5.96 Å². The number of thiophene rings is 1. The van der Waals surface area contributed by atoms with Gasteiger partial charge in [0.25, 0.3) is 0 Å². The molecule has 0 saturated carbocycles. The smallest absolute Gasteiger partial charge is 0.191 e. The molecule has 3 rings (SSSR count). The van der Waals surface area contributed by atoms with Crippen molar-refractivity contribution in [2.24, 2.45) is 10.9 Å². The molecule has 0 spiro atoms. The molecule has 1 saturated heterocycles. The zero-order valence-electron chi connectivity index (χ0n) is 15.9. The minimum Gasteiger partial charge on any atom is -0.352 e. The molecule has 1 aromatic heterocycles. The van der Waals surface area contributed by atoms with Crippen molar-refractivity contribution in [3.05, 3.63) is 57.8 Å². The summed E-state index contributed by atoms with van der Waals surface area (Å²) in [7, 11) is 1.82. The highest BCUT2D eigenvalue weighted by Gasteiger charge is 2.15. The van der Waals surface area contributed by atoms with E-state index in [4.69, 9.17) is 0 Å². The quantitative estimate of drug-likeness (QED) is 0.599. The van der Waals surface area contributed by atoms with Crippen LogP contribution >= 0.6 is 11.3 Å². The van der Waals surface area contributed by atoms with E-state index in [0.29, 0.717) is 0 Å². The summed E-state index contributed by atoms with van der Waals surface area (Å²) in [6.07, 6.45) is 2.65. The number of nitrogens with one attached hydrogen (secondary N) is 2. The number of piperidine rings is 1. The number of guanidine groups is 1. The van der Waals surface area contributed by atoms with Gasteiger partial charge in [-0.15, -0.1) is 0 Å². The molecule has 5 heteroatoms. The topological polar surface area (TPSA) is 39.7 Å². The summed E-state index contributed by atoms with van der Waals surface area (Å²) >= 11 is 1.72. The Morgan fingerprint density at radius 2 is 1.85 bits per heavy atom. The van der Waals surface area contributed by atoms with Gasteiger partial charge in [-0.3, -0.25) is 9.89 Å². The summed E-state index contributed by atoms with van der Waals surface area (Å²) in [6, 6.07) is 11.0. The van der Waals surface area contributed by atoms with Gasteiger partial charge in [-0.05, 0) is 65.4 Å². The number of hydrogen-bond donors (Lipinski definition) is 2. The molecule has 0 unspecified atom stereocenters. The average Bonchev–Trinajstić information content (AvgIpc) is 3.18. The molecule has 1 aliphatic heterocycles. The van der Waals surface area contributed by atoms with Gasteiger partial charge in [0.1, 0.15) is 0 Å². The zero-order chi connectivity index (χ0) is 18.2. The lowest BCUT2D eigenvalue weighted by molar-refractivity contribution is 0.185. The second-order valence-electron chi connectivity index (χ2n) is 7.19. The van der Waals surface area contributed by atoms with Gasteiger partial charge in [0.2, 0.25) is 0 Å². The molecule has 1 aromatic carbocycles. The Balaban J connectivity index is 1.48. The van der Waals surface area contributed by atoms with E-state index in [1.54, 1.807) is 11.3 Å². The lowest BCUT2D eigenvalue weighted by atomic mass is 9.98. The van der Waals surface area contributed by atoms with Gasteiger partial charge in [0.05, 0.1) is 0 Å².